The minimum atomic E-state index is 0.0751. The third-order valence-corrected chi connectivity index (χ3v) is 2.90. The van der Waals surface area contributed by atoms with E-state index in [9.17, 15) is 4.79 Å². The van der Waals surface area contributed by atoms with Gasteiger partial charge in [-0.2, -0.15) is 0 Å². The Kier molecular flexibility index (Phi) is 6.03. The number of likely N-dealkylation sites (tertiary alicyclic amines) is 1. The molecule has 1 aliphatic rings. The summed E-state index contributed by atoms with van der Waals surface area (Å²) < 4.78 is 0. The Morgan fingerprint density at radius 2 is 2.12 bits per heavy atom. The maximum absolute atomic E-state index is 11.5. The summed E-state index contributed by atoms with van der Waals surface area (Å²) in [5.41, 5.74) is 0. The number of terminal acetylenes is 1. The fraction of sp³-hybridized carbons (Fsp3) is 0.769. The van der Waals surface area contributed by atoms with Crippen LogP contribution in [0.1, 0.15) is 26.7 Å². The lowest BCUT2D eigenvalue weighted by Crippen LogP contribution is -2.46. The molecule has 4 heteroatoms. The molecule has 96 valence electrons. The van der Waals surface area contributed by atoms with E-state index in [0.717, 1.165) is 32.5 Å². The molecule has 0 aliphatic carbocycles. The molecule has 0 spiro atoms. The molecular weight excluding hydrogens is 214 g/mol. The summed E-state index contributed by atoms with van der Waals surface area (Å²) in [4.78, 5) is 13.7. The van der Waals surface area contributed by atoms with Crippen LogP contribution in [0.25, 0.3) is 0 Å². The van der Waals surface area contributed by atoms with Crippen molar-refractivity contribution in [2.24, 2.45) is 0 Å². The molecule has 0 saturated carbocycles. The summed E-state index contributed by atoms with van der Waals surface area (Å²) in [6.45, 7) is 7.13. The summed E-state index contributed by atoms with van der Waals surface area (Å²) in [7, 11) is 0. The van der Waals surface area contributed by atoms with Crippen LogP contribution in [-0.2, 0) is 4.79 Å². The van der Waals surface area contributed by atoms with Crippen LogP contribution < -0.4 is 10.6 Å². The lowest BCUT2D eigenvalue weighted by atomic mass is 10.1. The average Bonchev–Trinajstić information content (AvgIpc) is 2.28. The largest absolute Gasteiger partial charge is 0.353 e. The molecule has 1 aliphatic heterocycles. The first-order valence-electron chi connectivity index (χ1n) is 6.30. The fourth-order valence-corrected chi connectivity index (χ4v) is 2.03. The molecule has 0 atom stereocenters. The summed E-state index contributed by atoms with van der Waals surface area (Å²) in [6, 6.07) is 0.656. The number of piperidine rings is 1. The number of hydrogen-bond acceptors (Lipinski definition) is 3. The van der Waals surface area contributed by atoms with Crippen molar-refractivity contribution in [2.75, 3.05) is 26.2 Å². The van der Waals surface area contributed by atoms with Gasteiger partial charge in [-0.25, -0.2) is 0 Å². The number of hydrogen-bond donors (Lipinski definition) is 2. The van der Waals surface area contributed by atoms with Gasteiger partial charge in [0, 0.05) is 25.2 Å². The minimum Gasteiger partial charge on any atom is -0.353 e. The predicted octanol–water partition coefficient (Wildman–Crippen LogP) is 0.198. The molecule has 0 unspecified atom stereocenters. The molecule has 1 amide bonds. The maximum atomic E-state index is 11.5. The van der Waals surface area contributed by atoms with Gasteiger partial charge in [-0.1, -0.05) is 5.92 Å². The van der Waals surface area contributed by atoms with Gasteiger partial charge in [-0.15, -0.1) is 6.42 Å². The Labute approximate surface area is 104 Å². The van der Waals surface area contributed by atoms with E-state index >= 15 is 0 Å². The number of amides is 1. The zero-order valence-corrected chi connectivity index (χ0v) is 10.8. The average molecular weight is 237 g/mol. The number of nitrogens with zero attached hydrogens (tertiary/aromatic N) is 1. The van der Waals surface area contributed by atoms with Gasteiger partial charge >= 0.3 is 0 Å². The molecule has 0 aromatic rings. The van der Waals surface area contributed by atoms with E-state index in [0.29, 0.717) is 12.6 Å². The van der Waals surface area contributed by atoms with Crippen molar-refractivity contribution < 1.29 is 4.79 Å². The highest BCUT2D eigenvalue weighted by Gasteiger charge is 2.18. The first kappa shape index (κ1) is 14.0. The van der Waals surface area contributed by atoms with E-state index in [2.05, 4.69) is 21.5 Å². The zero-order chi connectivity index (χ0) is 12.7. The van der Waals surface area contributed by atoms with Crippen molar-refractivity contribution in [3.8, 4) is 12.3 Å². The lowest BCUT2D eigenvalue weighted by molar-refractivity contribution is -0.120. The predicted molar refractivity (Wildman–Crippen MR) is 69.6 cm³/mol. The highest BCUT2D eigenvalue weighted by Crippen LogP contribution is 2.09. The Morgan fingerprint density at radius 1 is 1.47 bits per heavy atom. The van der Waals surface area contributed by atoms with Crippen LogP contribution in [0.5, 0.6) is 0 Å². The molecular formula is C13H23N3O. The topological polar surface area (TPSA) is 44.4 Å². The van der Waals surface area contributed by atoms with Crippen molar-refractivity contribution in [2.45, 2.75) is 38.8 Å². The van der Waals surface area contributed by atoms with Gasteiger partial charge in [0.1, 0.15) is 0 Å². The van der Waals surface area contributed by atoms with Crippen molar-refractivity contribution in [3.05, 3.63) is 0 Å². The van der Waals surface area contributed by atoms with E-state index < -0.39 is 0 Å². The van der Waals surface area contributed by atoms with E-state index in [-0.39, 0.29) is 11.9 Å². The van der Waals surface area contributed by atoms with Crippen LogP contribution >= 0.6 is 0 Å². The summed E-state index contributed by atoms with van der Waals surface area (Å²) in [6.07, 6.45) is 7.41. The first-order valence-corrected chi connectivity index (χ1v) is 6.30. The molecule has 17 heavy (non-hydrogen) atoms. The second-order valence-electron chi connectivity index (χ2n) is 4.86. The van der Waals surface area contributed by atoms with E-state index in [1.165, 1.54) is 0 Å². The summed E-state index contributed by atoms with van der Waals surface area (Å²) in [5, 5.41) is 6.17. The fourth-order valence-electron chi connectivity index (χ4n) is 2.03. The zero-order valence-electron chi connectivity index (χ0n) is 10.8. The second-order valence-corrected chi connectivity index (χ2v) is 4.86. The molecule has 4 nitrogen and oxygen atoms in total. The van der Waals surface area contributed by atoms with Gasteiger partial charge in [-0.05, 0) is 26.7 Å². The molecule has 2 N–H and O–H groups in total. The quantitative estimate of drug-likeness (QED) is 0.671. The Morgan fingerprint density at radius 3 is 2.65 bits per heavy atom. The first-order chi connectivity index (χ1) is 8.11. The molecule has 0 radical (unpaired) electrons. The standard InChI is InChI=1S/C13H23N3O/c1-4-7-16-8-5-12(6-9-16)14-10-13(17)15-11(2)3/h1,11-12,14H,5-10H2,2-3H3,(H,15,17). The third kappa shape index (κ3) is 5.71. The molecule has 1 heterocycles. The maximum Gasteiger partial charge on any atom is 0.234 e. The van der Waals surface area contributed by atoms with Gasteiger partial charge < -0.3 is 10.6 Å². The van der Waals surface area contributed by atoms with Crippen molar-refractivity contribution in [3.63, 3.8) is 0 Å². The lowest BCUT2D eigenvalue weighted by Gasteiger charge is -2.31. The normalized spacial score (nSPS) is 18.0. The summed E-state index contributed by atoms with van der Waals surface area (Å²) >= 11 is 0. The Balaban J connectivity index is 2.14. The van der Waals surface area contributed by atoms with E-state index in [1.54, 1.807) is 0 Å². The Bertz CT molecular complexity index is 275. The van der Waals surface area contributed by atoms with Gasteiger partial charge in [-0.3, -0.25) is 9.69 Å². The molecule has 1 saturated heterocycles. The van der Waals surface area contributed by atoms with Gasteiger partial charge in [0.2, 0.25) is 5.91 Å². The Hall–Kier alpha value is -1.05. The number of carbonyl (C=O) groups is 1. The molecule has 1 fully saturated rings. The van der Waals surface area contributed by atoms with Gasteiger partial charge in [0.15, 0.2) is 0 Å². The van der Waals surface area contributed by atoms with E-state index in [1.807, 2.05) is 13.8 Å². The molecule has 0 bridgehead atoms. The number of rotatable bonds is 5. The SMILES string of the molecule is C#CCN1CCC(NCC(=O)NC(C)C)CC1. The second kappa shape index (κ2) is 7.31. The van der Waals surface area contributed by atoms with Crippen molar-refractivity contribution >= 4 is 5.91 Å². The monoisotopic (exact) mass is 237 g/mol. The van der Waals surface area contributed by atoms with Crippen LogP contribution in [-0.4, -0.2) is 49.1 Å². The highest BCUT2D eigenvalue weighted by atomic mass is 16.1. The van der Waals surface area contributed by atoms with Gasteiger partial charge in [0.05, 0.1) is 13.1 Å². The van der Waals surface area contributed by atoms with Crippen LogP contribution in [0.2, 0.25) is 0 Å². The van der Waals surface area contributed by atoms with Crippen LogP contribution in [0.4, 0.5) is 0 Å². The smallest absolute Gasteiger partial charge is 0.234 e. The van der Waals surface area contributed by atoms with Crippen molar-refractivity contribution in [1.29, 1.82) is 0 Å². The third-order valence-electron chi connectivity index (χ3n) is 2.90. The number of nitrogens with one attached hydrogen (secondary N) is 2. The van der Waals surface area contributed by atoms with E-state index in [4.69, 9.17) is 6.42 Å². The number of carbonyl (C=O) groups excluding carboxylic acids is 1. The van der Waals surface area contributed by atoms with Crippen molar-refractivity contribution in [1.82, 2.24) is 15.5 Å². The molecule has 0 aromatic heterocycles. The minimum absolute atomic E-state index is 0.0751. The van der Waals surface area contributed by atoms with Gasteiger partial charge in [0.25, 0.3) is 0 Å². The van der Waals surface area contributed by atoms with Crippen LogP contribution in [0.3, 0.4) is 0 Å². The summed E-state index contributed by atoms with van der Waals surface area (Å²) in [5.74, 6) is 2.74. The van der Waals surface area contributed by atoms with Crippen LogP contribution in [0, 0.1) is 12.3 Å². The highest BCUT2D eigenvalue weighted by molar-refractivity contribution is 5.78. The van der Waals surface area contributed by atoms with Crippen LogP contribution in [0.15, 0.2) is 0 Å². The molecule has 0 aromatic carbocycles. The molecule has 1 rings (SSSR count).